The van der Waals surface area contributed by atoms with E-state index in [2.05, 4.69) is 15.7 Å². The van der Waals surface area contributed by atoms with Crippen LogP contribution in [0.5, 0.6) is 0 Å². The van der Waals surface area contributed by atoms with Gasteiger partial charge >= 0.3 is 6.18 Å². The van der Waals surface area contributed by atoms with E-state index in [1.165, 1.54) is 31.2 Å². The zero-order chi connectivity index (χ0) is 20.3. The Labute approximate surface area is 158 Å². The van der Waals surface area contributed by atoms with Gasteiger partial charge in [-0.05, 0) is 30.3 Å². The maximum atomic E-state index is 13.6. The number of alkyl halides is 3. The highest BCUT2D eigenvalue weighted by Crippen LogP contribution is 2.34. The maximum absolute atomic E-state index is 13.6. The normalized spacial score (nSPS) is 11.1. The highest BCUT2D eigenvalue weighted by molar-refractivity contribution is 6.05. The molecule has 0 bridgehead atoms. The van der Waals surface area contributed by atoms with Gasteiger partial charge in [0.15, 0.2) is 5.69 Å². The van der Waals surface area contributed by atoms with Gasteiger partial charge in [-0.25, -0.2) is 4.68 Å². The molecule has 2 amide bonds. The van der Waals surface area contributed by atoms with E-state index in [0.29, 0.717) is 10.4 Å². The quantitative estimate of drug-likeness (QED) is 0.707. The molecule has 3 rings (SSSR count). The Hall–Kier alpha value is -3.62. The first-order valence-electron chi connectivity index (χ1n) is 8.15. The lowest BCUT2D eigenvalue weighted by Gasteiger charge is -2.13. The zero-order valence-electron chi connectivity index (χ0n) is 14.6. The fourth-order valence-electron chi connectivity index (χ4n) is 2.63. The van der Waals surface area contributed by atoms with Crippen molar-refractivity contribution in [1.29, 1.82) is 0 Å². The van der Waals surface area contributed by atoms with Gasteiger partial charge in [-0.3, -0.25) is 9.59 Å². The summed E-state index contributed by atoms with van der Waals surface area (Å²) in [6, 6.07) is 13.8. The molecule has 0 spiro atoms. The molecule has 2 aromatic carbocycles. The van der Waals surface area contributed by atoms with Gasteiger partial charge in [0, 0.05) is 18.3 Å². The standard InChI is InChI=1S/C19H15F3N4O2/c1-12(27)24-13-6-5-7-14(10-13)25-18(28)16-11-23-26(17(16)19(20,21)22)15-8-3-2-4-9-15/h2-11H,1H3,(H,24,27)(H,25,28). The summed E-state index contributed by atoms with van der Waals surface area (Å²) in [5, 5.41) is 8.69. The van der Waals surface area contributed by atoms with Crippen molar-refractivity contribution in [2.45, 2.75) is 13.1 Å². The first kappa shape index (κ1) is 19.2. The van der Waals surface area contributed by atoms with Crippen LogP contribution in [0.1, 0.15) is 23.0 Å². The van der Waals surface area contributed by atoms with Crippen molar-refractivity contribution >= 4 is 23.2 Å². The van der Waals surface area contributed by atoms with Gasteiger partial charge in [0.1, 0.15) is 0 Å². The van der Waals surface area contributed by atoms with E-state index >= 15 is 0 Å². The molecule has 0 atom stereocenters. The predicted octanol–water partition coefficient (Wildman–Crippen LogP) is 4.10. The van der Waals surface area contributed by atoms with Gasteiger partial charge in [0.25, 0.3) is 5.91 Å². The van der Waals surface area contributed by atoms with Gasteiger partial charge in [-0.15, -0.1) is 0 Å². The summed E-state index contributed by atoms with van der Waals surface area (Å²) in [6.45, 7) is 1.32. The summed E-state index contributed by atoms with van der Waals surface area (Å²) in [6.07, 6.45) is -3.92. The summed E-state index contributed by atoms with van der Waals surface area (Å²) in [7, 11) is 0. The number of para-hydroxylation sites is 1. The second kappa shape index (κ2) is 7.55. The molecule has 28 heavy (non-hydrogen) atoms. The number of hydrogen-bond acceptors (Lipinski definition) is 3. The van der Waals surface area contributed by atoms with Crippen LogP contribution in [0.15, 0.2) is 60.8 Å². The number of nitrogens with one attached hydrogen (secondary N) is 2. The van der Waals surface area contributed by atoms with Crippen LogP contribution in [0.3, 0.4) is 0 Å². The number of rotatable bonds is 4. The Kier molecular flexibility index (Phi) is 5.16. The van der Waals surface area contributed by atoms with Crippen LogP contribution in [0.25, 0.3) is 5.69 Å². The van der Waals surface area contributed by atoms with Crippen LogP contribution in [-0.2, 0) is 11.0 Å². The molecule has 9 heteroatoms. The number of carbonyl (C=O) groups is 2. The van der Waals surface area contributed by atoms with E-state index in [1.807, 2.05) is 0 Å². The summed E-state index contributed by atoms with van der Waals surface area (Å²) in [5.41, 5.74) is -0.963. The molecule has 0 aliphatic carbocycles. The van der Waals surface area contributed by atoms with E-state index in [0.717, 1.165) is 6.20 Å². The largest absolute Gasteiger partial charge is 0.434 e. The number of halogens is 3. The molecule has 0 fully saturated rings. The SMILES string of the molecule is CC(=O)Nc1cccc(NC(=O)c2cnn(-c3ccccc3)c2C(F)(F)F)c1. The lowest BCUT2D eigenvalue weighted by molar-refractivity contribution is -0.143. The van der Waals surface area contributed by atoms with Crippen LogP contribution in [0, 0.1) is 0 Å². The molecule has 0 saturated heterocycles. The number of anilines is 2. The van der Waals surface area contributed by atoms with Crippen LogP contribution >= 0.6 is 0 Å². The number of hydrogen-bond donors (Lipinski definition) is 2. The van der Waals surface area contributed by atoms with Gasteiger partial charge in [0.05, 0.1) is 17.4 Å². The lowest BCUT2D eigenvalue weighted by Crippen LogP contribution is -2.20. The van der Waals surface area contributed by atoms with Crippen molar-refractivity contribution in [3.8, 4) is 5.69 Å². The van der Waals surface area contributed by atoms with Crippen LogP contribution < -0.4 is 10.6 Å². The van der Waals surface area contributed by atoms with Crippen molar-refractivity contribution in [2.24, 2.45) is 0 Å². The highest BCUT2D eigenvalue weighted by Gasteiger charge is 2.40. The molecule has 0 aliphatic heterocycles. The molecular formula is C19H15F3N4O2. The zero-order valence-corrected chi connectivity index (χ0v) is 14.6. The Bertz CT molecular complexity index is 1010. The molecule has 3 aromatic rings. The van der Waals surface area contributed by atoms with Crippen LogP contribution in [-0.4, -0.2) is 21.6 Å². The minimum absolute atomic E-state index is 0.182. The van der Waals surface area contributed by atoms with Crippen LogP contribution in [0.4, 0.5) is 24.5 Å². The lowest BCUT2D eigenvalue weighted by atomic mass is 10.2. The van der Waals surface area contributed by atoms with E-state index in [-0.39, 0.29) is 17.3 Å². The molecule has 1 heterocycles. The van der Waals surface area contributed by atoms with Crippen molar-refractivity contribution in [2.75, 3.05) is 10.6 Å². The molecule has 144 valence electrons. The second-order valence-corrected chi connectivity index (χ2v) is 5.87. The summed E-state index contributed by atoms with van der Waals surface area (Å²) in [5.74, 6) is -1.28. The smallest absolute Gasteiger partial charge is 0.326 e. The molecule has 0 radical (unpaired) electrons. The van der Waals surface area contributed by atoms with E-state index in [1.54, 1.807) is 30.3 Å². The van der Waals surface area contributed by atoms with Crippen molar-refractivity contribution < 1.29 is 22.8 Å². The van der Waals surface area contributed by atoms with E-state index in [9.17, 15) is 22.8 Å². The third-order valence-corrected chi connectivity index (χ3v) is 3.72. The first-order valence-corrected chi connectivity index (χ1v) is 8.15. The third kappa shape index (κ3) is 4.20. The second-order valence-electron chi connectivity index (χ2n) is 5.87. The molecule has 6 nitrogen and oxygen atoms in total. The molecule has 0 unspecified atom stereocenters. The molecule has 0 saturated carbocycles. The number of amides is 2. The Morgan fingerprint density at radius 3 is 2.21 bits per heavy atom. The molecule has 0 aliphatic rings. The maximum Gasteiger partial charge on any atom is 0.434 e. The Morgan fingerprint density at radius 2 is 1.61 bits per heavy atom. The van der Waals surface area contributed by atoms with Crippen molar-refractivity contribution in [3.63, 3.8) is 0 Å². The highest BCUT2D eigenvalue weighted by atomic mass is 19.4. The average molecular weight is 388 g/mol. The average Bonchev–Trinajstić information content (AvgIpc) is 3.08. The molecule has 1 aromatic heterocycles. The monoisotopic (exact) mass is 388 g/mol. The van der Waals surface area contributed by atoms with E-state index in [4.69, 9.17) is 0 Å². The van der Waals surface area contributed by atoms with Gasteiger partial charge in [0.2, 0.25) is 5.91 Å². The molecule has 2 N–H and O–H groups in total. The predicted molar refractivity (Wildman–Crippen MR) is 97.3 cm³/mol. The number of aromatic nitrogens is 2. The van der Waals surface area contributed by atoms with Gasteiger partial charge in [-0.1, -0.05) is 24.3 Å². The number of carbonyl (C=O) groups excluding carboxylic acids is 2. The summed E-state index contributed by atoms with van der Waals surface area (Å²) in [4.78, 5) is 23.6. The van der Waals surface area contributed by atoms with Crippen molar-refractivity contribution in [1.82, 2.24) is 9.78 Å². The van der Waals surface area contributed by atoms with Crippen molar-refractivity contribution in [3.05, 3.63) is 72.1 Å². The fraction of sp³-hybridized carbons (Fsp3) is 0.105. The fourth-order valence-corrected chi connectivity index (χ4v) is 2.63. The third-order valence-electron chi connectivity index (χ3n) is 3.72. The van der Waals surface area contributed by atoms with Gasteiger partial charge < -0.3 is 10.6 Å². The minimum Gasteiger partial charge on any atom is -0.326 e. The first-order chi connectivity index (χ1) is 13.3. The molecular weight excluding hydrogens is 373 g/mol. The van der Waals surface area contributed by atoms with Crippen LogP contribution in [0.2, 0.25) is 0 Å². The summed E-state index contributed by atoms with van der Waals surface area (Å²) >= 11 is 0. The number of nitrogens with zero attached hydrogens (tertiary/aromatic N) is 2. The summed E-state index contributed by atoms with van der Waals surface area (Å²) < 4.78 is 41.6. The topological polar surface area (TPSA) is 76.0 Å². The minimum atomic E-state index is -4.79. The Balaban J connectivity index is 1.94. The Morgan fingerprint density at radius 1 is 0.964 bits per heavy atom. The van der Waals surface area contributed by atoms with Gasteiger partial charge in [-0.2, -0.15) is 18.3 Å². The van der Waals surface area contributed by atoms with E-state index < -0.39 is 23.3 Å². The number of benzene rings is 2.